The maximum Gasteiger partial charge on any atom is 0.243 e. The van der Waals surface area contributed by atoms with E-state index in [1.807, 2.05) is 19.1 Å². The van der Waals surface area contributed by atoms with E-state index in [1.54, 1.807) is 38.2 Å². The van der Waals surface area contributed by atoms with Gasteiger partial charge in [0.05, 0.1) is 4.90 Å². The van der Waals surface area contributed by atoms with Gasteiger partial charge in [-0.15, -0.1) is 0 Å². The number of sulfonamides is 1. The van der Waals surface area contributed by atoms with Crippen molar-refractivity contribution in [2.75, 3.05) is 7.05 Å². The largest absolute Gasteiger partial charge is 0.243 e. The fourth-order valence-electron chi connectivity index (χ4n) is 2.13. The fraction of sp³-hybridized carbons (Fsp3) is 0.250. The van der Waals surface area contributed by atoms with E-state index in [2.05, 4.69) is 0 Å². The highest BCUT2D eigenvalue weighted by atomic mass is 35.5. The predicted molar refractivity (Wildman–Crippen MR) is 91.0 cm³/mol. The Morgan fingerprint density at radius 3 is 2.36 bits per heavy atom. The van der Waals surface area contributed by atoms with Crippen LogP contribution < -0.4 is 0 Å². The minimum absolute atomic E-state index is 0.186. The lowest BCUT2D eigenvalue weighted by molar-refractivity contribution is 0.466. The van der Waals surface area contributed by atoms with Gasteiger partial charge in [-0.2, -0.15) is 4.31 Å². The molecule has 0 aliphatic rings. The first-order valence-corrected chi connectivity index (χ1v) is 8.89. The second-order valence-corrected chi connectivity index (χ2v) is 8.12. The van der Waals surface area contributed by atoms with Crippen LogP contribution >= 0.6 is 23.2 Å². The van der Waals surface area contributed by atoms with Crippen molar-refractivity contribution in [1.82, 2.24) is 4.31 Å². The molecule has 0 fully saturated rings. The van der Waals surface area contributed by atoms with E-state index in [1.165, 1.54) is 4.31 Å². The molecule has 22 heavy (non-hydrogen) atoms. The third-order valence-corrected chi connectivity index (χ3v) is 5.97. The zero-order valence-corrected chi connectivity index (χ0v) is 14.9. The zero-order valence-electron chi connectivity index (χ0n) is 12.6. The minimum atomic E-state index is -3.58. The summed E-state index contributed by atoms with van der Waals surface area (Å²) in [6.45, 7) is 3.84. The van der Waals surface area contributed by atoms with Crippen molar-refractivity contribution < 1.29 is 8.42 Å². The Labute approximate surface area is 141 Å². The highest BCUT2D eigenvalue weighted by Gasteiger charge is 2.23. The van der Waals surface area contributed by atoms with Gasteiger partial charge >= 0.3 is 0 Å². The van der Waals surface area contributed by atoms with Gasteiger partial charge in [-0.25, -0.2) is 8.42 Å². The molecular formula is C16H17Cl2NO2S. The van der Waals surface area contributed by atoms with Gasteiger partial charge in [-0.3, -0.25) is 0 Å². The van der Waals surface area contributed by atoms with Crippen LogP contribution in [-0.2, 0) is 16.6 Å². The average molecular weight is 358 g/mol. The Balaban J connectivity index is 2.35. The van der Waals surface area contributed by atoms with E-state index in [-0.39, 0.29) is 6.54 Å². The summed E-state index contributed by atoms with van der Waals surface area (Å²) in [5, 5.41) is 0.976. The molecule has 6 heteroatoms. The molecule has 0 saturated heterocycles. The standard InChI is InChI=1S/C16H17Cl2NO2S/c1-11-4-5-12(2)16(8-11)22(20,21)19(3)10-13-6-7-14(17)9-15(13)18/h4-9H,10H2,1-3H3. The van der Waals surface area contributed by atoms with Crippen molar-refractivity contribution in [3.8, 4) is 0 Å². The summed E-state index contributed by atoms with van der Waals surface area (Å²) in [4.78, 5) is 0.320. The summed E-state index contributed by atoms with van der Waals surface area (Å²) < 4.78 is 26.8. The molecule has 0 N–H and O–H groups in total. The Kier molecular flexibility index (Phi) is 5.17. The van der Waals surface area contributed by atoms with Crippen LogP contribution in [0.3, 0.4) is 0 Å². The number of nitrogens with zero attached hydrogens (tertiary/aromatic N) is 1. The summed E-state index contributed by atoms with van der Waals surface area (Å²) in [6.07, 6.45) is 0. The van der Waals surface area contributed by atoms with Gasteiger partial charge in [0.2, 0.25) is 10.0 Å². The molecule has 0 amide bonds. The van der Waals surface area contributed by atoms with Crippen LogP contribution in [0.25, 0.3) is 0 Å². The van der Waals surface area contributed by atoms with E-state index < -0.39 is 10.0 Å². The second kappa shape index (κ2) is 6.59. The molecule has 2 aromatic carbocycles. The van der Waals surface area contributed by atoms with E-state index in [0.29, 0.717) is 20.5 Å². The van der Waals surface area contributed by atoms with Crippen molar-refractivity contribution in [3.05, 3.63) is 63.1 Å². The number of hydrogen-bond acceptors (Lipinski definition) is 2. The molecule has 0 bridgehead atoms. The van der Waals surface area contributed by atoms with E-state index >= 15 is 0 Å². The van der Waals surface area contributed by atoms with Gasteiger partial charge in [-0.1, -0.05) is 41.4 Å². The SMILES string of the molecule is Cc1ccc(C)c(S(=O)(=O)N(C)Cc2ccc(Cl)cc2Cl)c1. The molecular weight excluding hydrogens is 341 g/mol. The predicted octanol–water partition coefficient (Wildman–Crippen LogP) is 4.43. The normalized spacial score (nSPS) is 11.9. The highest BCUT2D eigenvalue weighted by Crippen LogP contribution is 2.25. The topological polar surface area (TPSA) is 37.4 Å². The molecule has 0 aromatic heterocycles. The number of hydrogen-bond donors (Lipinski definition) is 0. The molecule has 0 unspecified atom stereocenters. The van der Waals surface area contributed by atoms with Gasteiger partial charge in [0.25, 0.3) is 0 Å². The molecule has 3 nitrogen and oxygen atoms in total. The van der Waals surface area contributed by atoms with Crippen molar-refractivity contribution in [1.29, 1.82) is 0 Å². The molecule has 0 aliphatic carbocycles. The number of aryl methyl sites for hydroxylation is 2. The van der Waals surface area contributed by atoms with Gasteiger partial charge in [0.1, 0.15) is 0 Å². The van der Waals surface area contributed by atoms with Crippen LogP contribution in [0.1, 0.15) is 16.7 Å². The van der Waals surface area contributed by atoms with Gasteiger partial charge in [-0.05, 0) is 48.7 Å². The van der Waals surface area contributed by atoms with Gasteiger partial charge < -0.3 is 0 Å². The highest BCUT2D eigenvalue weighted by molar-refractivity contribution is 7.89. The van der Waals surface area contributed by atoms with E-state index in [9.17, 15) is 8.42 Å². The summed E-state index contributed by atoms with van der Waals surface area (Å²) in [6, 6.07) is 10.4. The third kappa shape index (κ3) is 3.63. The summed E-state index contributed by atoms with van der Waals surface area (Å²) in [7, 11) is -2.03. The molecule has 2 rings (SSSR count). The lowest BCUT2D eigenvalue weighted by atomic mass is 10.2. The van der Waals surface area contributed by atoms with Crippen molar-refractivity contribution in [2.45, 2.75) is 25.3 Å². The first kappa shape index (κ1) is 17.3. The first-order chi connectivity index (χ1) is 10.2. The summed E-state index contributed by atoms with van der Waals surface area (Å²) in [5.41, 5.74) is 2.34. The number of halogens is 2. The van der Waals surface area contributed by atoms with Gasteiger partial charge in [0, 0.05) is 23.6 Å². The molecule has 0 heterocycles. The Bertz CT molecular complexity index is 804. The van der Waals surface area contributed by atoms with Crippen LogP contribution in [0, 0.1) is 13.8 Å². The summed E-state index contributed by atoms with van der Waals surface area (Å²) in [5.74, 6) is 0. The van der Waals surface area contributed by atoms with Crippen LogP contribution in [-0.4, -0.2) is 19.8 Å². The van der Waals surface area contributed by atoms with Crippen molar-refractivity contribution >= 4 is 33.2 Å². The Morgan fingerprint density at radius 2 is 1.73 bits per heavy atom. The zero-order chi connectivity index (χ0) is 16.5. The first-order valence-electron chi connectivity index (χ1n) is 6.69. The van der Waals surface area contributed by atoms with E-state index in [4.69, 9.17) is 23.2 Å². The Morgan fingerprint density at radius 1 is 1.05 bits per heavy atom. The minimum Gasteiger partial charge on any atom is -0.207 e. The van der Waals surface area contributed by atoms with Gasteiger partial charge in [0.15, 0.2) is 0 Å². The molecule has 0 radical (unpaired) electrons. The van der Waals surface area contributed by atoms with Crippen LogP contribution in [0.5, 0.6) is 0 Å². The quantitative estimate of drug-likeness (QED) is 0.811. The van der Waals surface area contributed by atoms with E-state index in [0.717, 1.165) is 11.1 Å². The Hall–Kier alpha value is -1.07. The summed E-state index contributed by atoms with van der Waals surface area (Å²) >= 11 is 12.0. The molecule has 118 valence electrons. The molecule has 0 saturated carbocycles. The maximum absolute atomic E-state index is 12.7. The molecule has 0 spiro atoms. The van der Waals surface area contributed by atoms with Crippen LogP contribution in [0.2, 0.25) is 10.0 Å². The molecule has 0 atom stereocenters. The smallest absolute Gasteiger partial charge is 0.207 e. The fourth-order valence-corrected chi connectivity index (χ4v) is 4.05. The lowest BCUT2D eigenvalue weighted by Crippen LogP contribution is -2.27. The van der Waals surface area contributed by atoms with Crippen LogP contribution in [0.4, 0.5) is 0 Å². The molecule has 0 aliphatic heterocycles. The average Bonchev–Trinajstić information content (AvgIpc) is 2.44. The van der Waals surface area contributed by atoms with Crippen molar-refractivity contribution in [2.24, 2.45) is 0 Å². The van der Waals surface area contributed by atoms with Crippen molar-refractivity contribution in [3.63, 3.8) is 0 Å². The third-order valence-electron chi connectivity index (χ3n) is 3.44. The monoisotopic (exact) mass is 357 g/mol. The number of benzene rings is 2. The molecule has 2 aromatic rings. The number of rotatable bonds is 4. The maximum atomic E-state index is 12.7. The lowest BCUT2D eigenvalue weighted by Gasteiger charge is -2.19. The second-order valence-electron chi connectivity index (χ2n) is 5.27. The van der Waals surface area contributed by atoms with Crippen LogP contribution in [0.15, 0.2) is 41.3 Å².